The predicted octanol–water partition coefficient (Wildman–Crippen LogP) is 2.43. The van der Waals surface area contributed by atoms with Gasteiger partial charge in [0.1, 0.15) is 12.7 Å². The average Bonchev–Trinajstić information content (AvgIpc) is 3.07. The molecule has 1 N–H and O–H groups in total. The van der Waals surface area contributed by atoms with E-state index in [1.54, 1.807) is 17.5 Å². The standard InChI is InChI=1S/C17H18N4O2S/c1-11-20-9-16(24-11)15-7-14-13(3-2-4-19-14)17(21-15)23-10-12-8-18-5-6-22-12/h2-4,7,9,12,18H,5-6,8,10H2,1H3/t12-/m0/s1. The highest BCUT2D eigenvalue weighted by Gasteiger charge is 2.16. The Morgan fingerprint density at radius 3 is 3.17 bits per heavy atom. The first kappa shape index (κ1) is 15.4. The van der Waals surface area contributed by atoms with E-state index in [2.05, 4.69) is 15.3 Å². The van der Waals surface area contributed by atoms with Gasteiger partial charge in [0.05, 0.1) is 33.1 Å². The molecule has 0 aliphatic carbocycles. The van der Waals surface area contributed by atoms with Crippen LogP contribution in [0.1, 0.15) is 5.01 Å². The van der Waals surface area contributed by atoms with Crippen molar-refractivity contribution in [3.05, 3.63) is 35.6 Å². The zero-order valence-electron chi connectivity index (χ0n) is 13.4. The van der Waals surface area contributed by atoms with E-state index in [9.17, 15) is 0 Å². The molecule has 7 heteroatoms. The van der Waals surface area contributed by atoms with E-state index in [1.807, 2.05) is 31.3 Å². The molecule has 0 spiro atoms. The van der Waals surface area contributed by atoms with E-state index in [0.29, 0.717) is 19.1 Å². The molecule has 1 aliphatic heterocycles. The van der Waals surface area contributed by atoms with E-state index in [0.717, 1.165) is 39.6 Å². The minimum absolute atomic E-state index is 0.0431. The van der Waals surface area contributed by atoms with Gasteiger partial charge in [-0.2, -0.15) is 0 Å². The summed E-state index contributed by atoms with van der Waals surface area (Å²) in [5.41, 5.74) is 1.70. The van der Waals surface area contributed by atoms with Gasteiger partial charge < -0.3 is 14.8 Å². The molecule has 124 valence electrons. The van der Waals surface area contributed by atoms with Crippen LogP contribution in [0.3, 0.4) is 0 Å². The maximum absolute atomic E-state index is 6.00. The third kappa shape index (κ3) is 3.24. The molecule has 4 rings (SSSR count). The van der Waals surface area contributed by atoms with Crippen LogP contribution in [0.4, 0.5) is 0 Å². The van der Waals surface area contributed by atoms with Gasteiger partial charge >= 0.3 is 0 Å². The highest BCUT2D eigenvalue weighted by Crippen LogP contribution is 2.31. The number of aryl methyl sites for hydroxylation is 1. The molecular weight excluding hydrogens is 324 g/mol. The second-order valence-corrected chi connectivity index (χ2v) is 6.87. The van der Waals surface area contributed by atoms with E-state index in [-0.39, 0.29) is 6.10 Å². The van der Waals surface area contributed by atoms with Gasteiger partial charge in [-0.1, -0.05) is 0 Å². The summed E-state index contributed by atoms with van der Waals surface area (Å²) in [6.07, 6.45) is 3.67. The Hall–Kier alpha value is -2.09. The van der Waals surface area contributed by atoms with Crippen LogP contribution in [0.15, 0.2) is 30.6 Å². The molecule has 24 heavy (non-hydrogen) atoms. The summed E-state index contributed by atoms with van der Waals surface area (Å²) < 4.78 is 11.7. The smallest absolute Gasteiger partial charge is 0.223 e. The first-order valence-electron chi connectivity index (χ1n) is 7.93. The summed E-state index contributed by atoms with van der Waals surface area (Å²) in [7, 11) is 0. The Morgan fingerprint density at radius 2 is 2.38 bits per heavy atom. The van der Waals surface area contributed by atoms with Crippen LogP contribution in [0, 0.1) is 6.92 Å². The maximum atomic E-state index is 6.00. The van der Waals surface area contributed by atoms with Crippen molar-refractivity contribution < 1.29 is 9.47 Å². The summed E-state index contributed by atoms with van der Waals surface area (Å²) in [6, 6.07) is 5.85. The van der Waals surface area contributed by atoms with Crippen LogP contribution < -0.4 is 10.1 Å². The zero-order chi connectivity index (χ0) is 16.4. The van der Waals surface area contributed by atoms with Gasteiger partial charge in [0.25, 0.3) is 0 Å². The molecule has 0 saturated carbocycles. The number of ether oxygens (including phenoxy) is 2. The maximum Gasteiger partial charge on any atom is 0.223 e. The van der Waals surface area contributed by atoms with Crippen molar-refractivity contribution in [2.45, 2.75) is 13.0 Å². The van der Waals surface area contributed by atoms with Crippen molar-refractivity contribution in [1.82, 2.24) is 20.3 Å². The molecule has 1 fully saturated rings. The number of thiazole rings is 1. The highest BCUT2D eigenvalue weighted by atomic mass is 32.1. The lowest BCUT2D eigenvalue weighted by Gasteiger charge is -2.23. The summed E-state index contributed by atoms with van der Waals surface area (Å²) in [5, 5.41) is 5.22. The number of hydrogen-bond acceptors (Lipinski definition) is 7. The van der Waals surface area contributed by atoms with Crippen molar-refractivity contribution >= 4 is 22.2 Å². The normalized spacial score (nSPS) is 18.0. The number of aromatic nitrogens is 3. The van der Waals surface area contributed by atoms with E-state index in [4.69, 9.17) is 14.5 Å². The third-order valence-corrected chi connectivity index (χ3v) is 4.78. The molecule has 3 aromatic heterocycles. The molecule has 4 heterocycles. The number of morpholine rings is 1. The number of rotatable bonds is 4. The molecule has 0 radical (unpaired) electrons. The second kappa shape index (κ2) is 6.80. The summed E-state index contributed by atoms with van der Waals surface area (Å²) in [6.45, 7) is 4.85. The number of fused-ring (bicyclic) bond motifs is 1. The van der Waals surface area contributed by atoms with Crippen molar-refractivity contribution in [2.75, 3.05) is 26.3 Å². The lowest BCUT2D eigenvalue weighted by atomic mass is 10.2. The molecule has 1 saturated heterocycles. The molecule has 0 amide bonds. The van der Waals surface area contributed by atoms with Crippen molar-refractivity contribution in [3.63, 3.8) is 0 Å². The van der Waals surface area contributed by atoms with Gasteiger partial charge in [-0.05, 0) is 25.1 Å². The molecule has 1 aliphatic rings. The van der Waals surface area contributed by atoms with Crippen LogP contribution in [-0.4, -0.2) is 47.4 Å². The Kier molecular flexibility index (Phi) is 4.38. The number of hydrogen-bond donors (Lipinski definition) is 1. The number of nitrogens with zero attached hydrogens (tertiary/aromatic N) is 3. The number of nitrogens with one attached hydrogen (secondary N) is 1. The fourth-order valence-corrected chi connectivity index (χ4v) is 3.40. The lowest BCUT2D eigenvalue weighted by Crippen LogP contribution is -2.41. The monoisotopic (exact) mass is 342 g/mol. The Bertz CT molecular complexity index is 845. The number of pyridine rings is 2. The van der Waals surface area contributed by atoms with Gasteiger partial charge in [0.15, 0.2) is 0 Å². The first-order valence-corrected chi connectivity index (χ1v) is 8.75. The van der Waals surface area contributed by atoms with Crippen LogP contribution in [0.5, 0.6) is 5.88 Å². The molecule has 3 aromatic rings. The van der Waals surface area contributed by atoms with Gasteiger partial charge in [0.2, 0.25) is 5.88 Å². The van der Waals surface area contributed by atoms with E-state index in [1.165, 1.54) is 0 Å². The minimum atomic E-state index is 0.0431. The van der Waals surface area contributed by atoms with E-state index >= 15 is 0 Å². The highest BCUT2D eigenvalue weighted by molar-refractivity contribution is 7.15. The predicted molar refractivity (Wildman–Crippen MR) is 93.5 cm³/mol. The van der Waals surface area contributed by atoms with Gasteiger partial charge in [-0.3, -0.25) is 4.98 Å². The largest absolute Gasteiger partial charge is 0.474 e. The fourth-order valence-electron chi connectivity index (χ4n) is 2.66. The van der Waals surface area contributed by atoms with Crippen LogP contribution in [-0.2, 0) is 4.74 Å². The molecule has 0 bridgehead atoms. The topological polar surface area (TPSA) is 69.2 Å². The first-order chi connectivity index (χ1) is 11.8. The van der Waals surface area contributed by atoms with Crippen molar-refractivity contribution in [2.24, 2.45) is 0 Å². The zero-order valence-corrected chi connectivity index (χ0v) is 14.2. The summed E-state index contributed by atoms with van der Waals surface area (Å²) >= 11 is 1.61. The molecule has 1 atom stereocenters. The van der Waals surface area contributed by atoms with Crippen molar-refractivity contribution in [1.29, 1.82) is 0 Å². The molecule has 0 unspecified atom stereocenters. The third-order valence-electron chi connectivity index (χ3n) is 3.85. The average molecular weight is 342 g/mol. The lowest BCUT2D eigenvalue weighted by molar-refractivity contribution is -0.000365. The SMILES string of the molecule is Cc1ncc(-c2cc3ncccc3c(OC[C@@H]3CNCCO3)n2)s1. The van der Waals surface area contributed by atoms with Gasteiger partial charge in [-0.15, -0.1) is 11.3 Å². The van der Waals surface area contributed by atoms with Crippen LogP contribution in [0.25, 0.3) is 21.5 Å². The van der Waals surface area contributed by atoms with Crippen LogP contribution in [0.2, 0.25) is 0 Å². The van der Waals surface area contributed by atoms with Gasteiger partial charge in [0, 0.05) is 25.5 Å². The van der Waals surface area contributed by atoms with Gasteiger partial charge in [-0.25, -0.2) is 9.97 Å². The summed E-state index contributed by atoms with van der Waals surface area (Å²) in [4.78, 5) is 14.5. The fraction of sp³-hybridized carbons (Fsp3) is 0.353. The van der Waals surface area contributed by atoms with Crippen LogP contribution >= 0.6 is 11.3 Å². The second-order valence-electron chi connectivity index (χ2n) is 5.63. The minimum Gasteiger partial charge on any atom is -0.474 e. The molecule has 0 aromatic carbocycles. The Labute approximate surface area is 143 Å². The van der Waals surface area contributed by atoms with Crippen molar-refractivity contribution in [3.8, 4) is 16.5 Å². The summed E-state index contributed by atoms with van der Waals surface area (Å²) in [5.74, 6) is 0.593. The Balaban J connectivity index is 1.66. The molecule has 6 nitrogen and oxygen atoms in total. The quantitative estimate of drug-likeness (QED) is 0.785. The van der Waals surface area contributed by atoms with E-state index < -0.39 is 0 Å². The molecular formula is C17H18N4O2S. The Morgan fingerprint density at radius 1 is 1.42 bits per heavy atom.